The summed E-state index contributed by atoms with van der Waals surface area (Å²) in [7, 11) is -2.26. The van der Waals surface area contributed by atoms with Crippen molar-refractivity contribution in [3.63, 3.8) is 0 Å². The quantitative estimate of drug-likeness (QED) is 0.906. The second-order valence-corrected chi connectivity index (χ2v) is 6.63. The van der Waals surface area contributed by atoms with E-state index in [9.17, 15) is 8.42 Å². The number of halogens is 1. The topological polar surface area (TPSA) is 81.4 Å². The number of ether oxygens (including phenoxy) is 1. The maximum absolute atomic E-state index is 12.3. The molecule has 0 unspecified atom stereocenters. The first-order chi connectivity index (χ1) is 9.35. The molecule has 0 saturated heterocycles. The van der Waals surface area contributed by atoms with Crippen molar-refractivity contribution >= 4 is 31.8 Å². The van der Waals surface area contributed by atoms with Crippen LogP contribution in [-0.2, 0) is 10.0 Å². The Balaban J connectivity index is 2.38. The number of sulfonamides is 1. The molecule has 0 atom stereocenters. The van der Waals surface area contributed by atoms with Crippen LogP contribution in [0.25, 0.3) is 0 Å². The number of hydrogen-bond donors (Lipinski definition) is 1. The third kappa shape index (κ3) is 2.80. The summed E-state index contributed by atoms with van der Waals surface area (Å²) in [5, 5.41) is 3.71. The first kappa shape index (κ1) is 14.9. The average molecular weight is 361 g/mol. The largest absolute Gasteiger partial charge is 0.497 e. The van der Waals surface area contributed by atoms with Crippen LogP contribution in [0.15, 0.2) is 32.1 Å². The van der Waals surface area contributed by atoms with Gasteiger partial charge in [-0.2, -0.15) is 0 Å². The zero-order valence-corrected chi connectivity index (χ0v) is 13.5. The molecule has 108 valence electrons. The molecule has 0 spiro atoms. The Morgan fingerprint density at radius 2 is 2.05 bits per heavy atom. The van der Waals surface area contributed by atoms with Gasteiger partial charge in [-0.3, -0.25) is 0 Å². The van der Waals surface area contributed by atoms with E-state index in [1.54, 1.807) is 26.0 Å². The van der Waals surface area contributed by atoms with Crippen LogP contribution in [0.2, 0.25) is 0 Å². The van der Waals surface area contributed by atoms with Gasteiger partial charge in [0, 0.05) is 10.0 Å². The molecule has 1 aromatic carbocycles. The molecule has 8 heteroatoms. The van der Waals surface area contributed by atoms with Crippen LogP contribution >= 0.6 is 15.9 Å². The summed E-state index contributed by atoms with van der Waals surface area (Å²) in [6, 6.07) is 4.59. The summed E-state index contributed by atoms with van der Waals surface area (Å²) < 4.78 is 37.4. The molecule has 0 amide bonds. The van der Waals surface area contributed by atoms with E-state index in [2.05, 4.69) is 25.8 Å². The molecule has 0 aliphatic heterocycles. The number of anilines is 1. The van der Waals surface area contributed by atoms with Gasteiger partial charge < -0.3 is 9.26 Å². The molecular weight excluding hydrogens is 348 g/mol. The van der Waals surface area contributed by atoms with Gasteiger partial charge in [0.25, 0.3) is 10.0 Å². The molecule has 20 heavy (non-hydrogen) atoms. The zero-order valence-electron chi connectivity index (χ0n) is 11.1. The predicted octanol–water partition coefficient (Wildman–Crippen LogP) is 2.86. The van der Waals surface area contributed by atoms with Gasteiger partial charge in [-0.25, -0.2) is 13.1 Å². The standard InChI is InChI=1S/C12H13BrN2O4S/c1-7-8(2)14-19-12(7)15-20(16,17)11-5-4-9(18-3)6-10(11)13/h4-6,15H,1-3H3. The Hall–Kier alpha value is -1.54. The fourth-order valence-corrected chi connectivity index (χ4v) is 3.62. The number of nitrogens with zero attached hydrogens (tertiary/aromatic N) is 1. The van der Waals surface area contributed by atoms with Crippen LogP contribution in [-0.4, -0.2) is 20.7 Å². The summed E-state index contributed by atoms with van der Waals surface area (Å²) >= 11 is 3.22. The predicted molar refractivity (Wildman–Crippen MR) is 77.5 cm³/mol. The normalized spacial score (nSPS) is 11.4. The summed E-state index contributed by atoms with van der Waals surface area (Å²) in [5.74, 6) is 0.674. The number of benzene rings is 1. The smallest absolute Gasteiger partial charge is 0.265 e. The Morgan fingerprint density at radius 1 is 1.35 bits per heavy atom. The molecular formula is C12H13BrN2O4S. The molecule has 2 rings (SSSR count). The third-order valence-corrected chi connectivity index (χ3v) is 5.12. The molecule has 0 radical (unpaired) electrons. The SMILES string of the molecule is COc1ccc(S(=O)(=O)Nc2onc(C)c2C)c(Br)c1. The van der Waals surface area contributed by atoms with Gasteiger partial charge in [-0.15, -0.1) is 0 Å². The van der Waals surface area contributed by atoms with Gasteiger partial charge in [0.05, 0.1) is 12.8 Å². The van der Waals surface area contributed by atoms with Gasteiger partial charge in [0.1, 0.15) is 10.6 Å². The molecule has 1 aromatic heterocycles. The summed E-state index contributed by atoms with van der Waals surface area (Å²) in [4.78, 5) is 0.0896. The minimum Gasteiger partial charge on any atom is -0.497 e. The fraction of sp³-hybridized carbons (Fsp3) is 0.250. The van der Waals surface area contributed by atoms with Crippen molar-refractivity contribution in [2.45, 2.75) is 18.7 Å². The summed E-state index contributed by atoms with van der Waals surface area (Å²) in [5.41, 5.74) is 1.29. The van der Waals surface area contributed by atoms with Gasteiger partial charge in [-0.05, 0) is 48.0 Å². The number of aromatic nitrogens is 1. The highest BCUT2D eigenvalue weighted by Gasteiger charge is 2.21. The van der Waals surface area contributed by atoms with E-state index in [-0.39, 0.29) is 10.8 Å². The molecule has 0 aliphatic carbocycles. The molecule has 0 aliphatic rings. The minimum absolute atomic E-state index is 0.0896. The maximum Gasteiger partial charge on any atom is 0.265 e. The number of rotatable bonds is 4. The number of aryl methyl sites for hydroxylation is 1. The lowest BCUT2D eigenvalue weighted by Crippen LogP contribution is -2.13. The second-order valence-electron chi connectivity index (χ2n) is 4.12. The average Bonchev–Trinajstić information content (AvgIpc) is 2.69. The Morgan fingerprint density at radius 3 is 2.55 bits per heavy atom. The lowest BCUT2D eigenvalue weighted by Gasteiger charge is -2.09. The second kappa shape index (κ2) is 5.45. The Labute approximate surface area is 125 Å². The van der Waals surface area contributed by atoms with Gasteiger partial charge in [-0.1, -0.05) is 5.16 Å². The highest BCUT2D eigenvalue weighted by Crippen LogP contribution is 2.29. The summed E-state index contributed by atoms with van der Waals surface area (Å²) in [6.07, 6.45) is 0. The number of nitrogens with one attached hydrogen (secondary N) is 1. The lowest BCUT2D eigenvalue weighted by molar-refractivity contribution is 0.414. The van der Waals surface area contributed by atoms with Crippen LogP contribution in [0, 0.1) is 13.8 Å². The van der Waals surface area contributed by atoms with E-state index in [1.165, 1.54) is 13.2 Å². The molecule has 1 heterocycles. The van der Waals surface area contributed by atoms with E-state index in [1.807, 2.05) is 0 Å². The van der Waals surface area contributed by atoms with Crippen LogP contribution in [0.3, 0.4) is 0 Å². The van der Waals surface area contributed by atoms with Crippen molar-refractivity contribution in [2.75, 3.05) is 11.8 Å². The monoisotopic (exact) mass is 360 g/mol. The fourth-order valence-electron chi connectivity index (χ4n) is 1.51. The van der Waals surface area contributed by atoms with Crippen molar-refractivity contribution in [2.24, 2.45) is 0 Å². The van der Waals surface area contributed by atoms with Crippen molar-refractivity contribution in [1.82, 2.24) is 5.16 Å². The zero-order chi connectivity index (χ0) is 14.9. The van der Waals surface area contributed by atoms with Crippen LogP contribution in [0.1, 0.15) is 11.3 Å². The van der Waals surface area contributed by atoms with E-state index in [0.29, 0.717) is 21.5 Å². The first-order valence-electron chi connectivity index (χ1n) is 5.64. The summed E-state index contributed by atoms with van der Waals surface area (Å²) in [6.45, 7) is 3.46. The van der Waals surface area contributed by atoms with Crippen molar-refractivity contribution in [1.29, 1.82) is 0 Å². The number of methoxy groups -OCH3 is 1. The Bertz CT molecular complexity index is 740. The van der Waals surface area contributed by atoms with Crippen LogP contribution < -0.4 is 9.46 Å². The van der Waals surface area contributed by atoms with Gasteiger partial charge in [0.15, 0.2) is 0 Å². The van der Waals surface area contributed by atoms with Crippen LogP contribution in [0.4, 0.5) is 5.88 Å². The minimum atomic E-state index is -3.76. The molecule has 6 nitrogen and oxygen atoms in total. The van der Waals surface area contributed by atoms with E-state index in [4.69, 9.17) is 9.26 Å². The highest BCUT2D eigenvalue weighted by molar-refractivity contribution is 9.10. The lowest BCUT2D eigenvalue weighted by atomic mass is 10.3. The molecule has 0 saturated carbocycles. The molecule has 1 N–H and O–H groups in total. The third-order valence-electron chi connectivity index (χ3n) is 2.81. The van der Waals surface area contributed by atoms with Gasteiger partial charge in [0.2, 0.25) is 5.88 Å². The molecule has 0 bridgehead atoms. The van der Waals surface area contributed by atoms with Crippen LogP contribution in [0.5, 0.6) is 5.75 Å². The number of hydrogen-bond acceptors (Lipinski definition) is 5. The first-order valence-corrected chi connectivity index (χ1v) is 7.92. The Kier molecular flexibility index (Phi) is 4.05. The van der Waals surface area contributed by atoms with Crippen molar-refractivity contribution in [3.05, 3.63) is 33.9 Å². The van der Waals surface area contributed by atoms with E-state index < -0.39 is 10.0 Å². The molecule has 0 fully saturated rings. The van der Waals surface area contributed by atoms with Gasteiger partial charge >= 0.3 is 0 Å². The maximum atomic E-state index is 12.3. The van der Waals surface area contributed by atoms with Crippen molar-refractivity contribution < 1.29 is 17.7 Å². The molecule has 2 aromatic rings. The van der Waals surface area contributed by atoms with E-state index >= 15 is 0 Å². The van der Waals surface area contributed by atoms with Crippen molar-refractivity contribution in [3.8, 4) is 5.75 Å². The highest BCUT2D eigenvalue weighted by atomic mass is 79.9. The van der Waals surface area contributed by atoms with E-state index in [0.717, 1.165) is 0 Å².